The lowest BCUT2D eigenvalue weighted by atomic mass is 10.0. The lowest BCUT2D eigenvalue weighted by Crippen LogP contribution is -2.43. The van der Waals surface area contributed by atoms with Crippen LogP contribution in [0.4, 0.5) is 5.95 Å². The number of halogens is 1. The van der Waals surface area contributed by atoms with Gasteiger partial charge < -0.3 is 5.32 Å². The van der Waals surface area contributed by atoms with Crippen molar-refractivity contribution in [1.82, 2.24) is 15.3 Å². The van der Waals surface area contributed by atoms with Crippen LogP contribution in [0.3, 0.4) is 0 Å². The highest BCUT2D eigenvalue weighted by Gasteiger charge is 2.20. The number of piperidine rings is 1. The minimum Gasteiger partial charge on any atom is -0.306 e. The molecular formula is C10H13ClN4O. The number of nitrogens with one attached hydrogen (secondary N) is 2. The first-order valence-corrected chi connectivity index (χ1v) is 5.66. The van der Waals surface area contributed by atoms with Gasteiger partial charge in [0.05, 0.1) is 6.04 Å². The van der Waals surface area contributed by atoms with Crippen LogP contribution in [-0.2, 0) is 4.79 Å². The van der Waals surface area contributed by atoms with Crippen molar-refractivity contribution in [2.75, 3.05) is 11.9 Å². The fourth-order valence-electron chi connectivity index (χ4n) is 1.67. The SMILES string of the molecule is O=C(Nc1nccc(Cl)n1)[C@@H]1CCCCN1. The Hall–Kier alpha value is -1.20. The highest BCUT2D eigenvalue weighted by molar-refractivity contribution is 6.29. The van der Waals surface area contributed by atoms with Crippen LogP contribution in [0.5, 0.6) is 0 Å². The maximum absolute atomic E-state index is 11.8. The number of aromatic nitrogens is 2. The van der Waals surface area contributed by atoms with Crippen molar-refractivity contribution < 1.29 is 4.79 Å². The van der Waals surface area contributed by atoms with E-state index >= 15 is 0 Å². The quantitative estimate of drug-likeness (QED) is 0.763. The molecule has 0 bridgehead atoms. The van der Waals surface area contributed by atoms with Gasteiger partial charge in [-0.25, -0.2) is 9.97 Å². The normalized spacial score (nSPS) is 20.4. The number of rotatable bonds is 2. The maximum atomic E-state index is 11.8. The van der Waals surface area contributed by atoms with Gasteiger partial charge in [0.1, 0.15) is 5.15 Å². The summed E-state index contributed by atoms with van der Waals surface area (Å²) in [7, 11) is 0. The van der Waals surface area contributed by atoms with Gasteiger partial charge in [-0.1, -0.05) is 18.0 Å². The van der Waals surface area contributed by atoms with Crippen LogP contribution in [0, 0.1) is 0 Å². The van der Waals surface area contributed by atoms with Gasteiger partial charge in [-0.2, -0.15) is 0 Å². The predicted molar refractivity (Wildman–Crippen MR) is 61.3 cm³/mol. The number of hydrogen-bond donors (Lipinski definition) is 2. The van der Waals surface area contributed by atoms with E-state index in [1.54, 1.807) is 6.07 Å². The standard InChI is InChI=1S/C10H13ClN4O/c11-8-4-6-13-10(14-8)15-9(16)7-3-1-2-5-12-7/h4,6-7,12H,1-3,5H2,(H,13,14,15,16)/t7-/m0/s1. The van der Waals surface area contributed by atoms with Gasteiger partial charge in [0.15, 0.2) is 0 Å². The molecule has 1 fully saturated rings. The third-order valence-electron chi connectivity index (χ3n) is 2.48. The second-order valence-electron chi connectivity index (χ2n) is 3.69. The summed E-state index contributed by atoms with van der Waals surface area (Å²) in [5.74, 6) is 0.159. The van der Waals surface area contributed by atoms with Crippen molar-refractivity contribution in [3.05, 3.63) is 17.4 Å². The number of carbonyl (C=O) groups excluding carboxylic acids is 1. The number of nitrogens with zero attached hydrogens (tertiary/aromatic N) is 2. The smallest absolute Gasteiger partial charge is 0.243 e. The van der Waals surface area contributed by atoms with Crippen LogP contribution in [0.2, 0.25) is 5.15 Å². The minimum absolute atomic E-state index is 0.0954. The second-order valence-corrected chi connectivity index (χ2v) is 4.08. The van der Waals surface area contributed by atoms with Crippen LogP contribution in [0.25, 0.3) is 0 Å². The Balaban J connectivity index is 1.96. The summed E-state index contributed by atoms with van der Waals surface area (Å²) in [6.07, 6.45) is 4.56. The molecule has 5 nitrogen and oxygen atoms in total. The Kier molecular flexibility index (Phi) is 3.69. The Morgan fingerprint density at radius 3 is 3.12 bits per heavy atom. The van der Waals surface area contributed by atoms with Crippen molar-refractivity contribution in [2.45, 2.75) is 25.3 Å². The number of anilines is 1. The van der Waals surface area contributed by atoms with Gasteiger partial charge in [0.25, 0.3) is 0 Å². The first kappa shape index (κ1) is 11.3. The average Bonchev–Trinajstić information content (AvgIpc) is 2.30. The van der Waals surface area contributed by atoms with E-state index < -0.39 is 0 Å². The van der Waals surface area contributed by atoms with Gasteiger partial charge >= 0.3 is 0 Å². The molecule has 0 aromatic carbocycles. The van der Waals surface area contributed by atoms with Crippen molar-refractivity contribution >= 4 is 23.5 Å². The zero-order valence-corrected chi connectivity index (χ0v) is 9.50. The summed E-state index contributed by atoms with van der Waals surface area (Å²) >= 11 is 5.70. The summed E-state index contributed by atoms with van der Waals surface area (Å²) in [6.45, 7) is 0.883. The number of hydrogen-bond acceptors (Lipinski definition) is 4. The molecule has 6 heteroatoms. The van der Waals surface area contributed by atoms with Crippen LogP contribution in [0.1, 0.15) is 19.3 Å². The fourth-order valence-corrected chi connectivity index (χ4v) is 1.81. The maximum Gasteiger partial charge on any atom is 0.243 e. The molecule has 2 heterocycles. The summed E-state index contributed by atoms with van der Waals surface area (Å²) in [5.41, 5.74) is 0. The van der Waals surface area contributed by atoms with Crippen LogP contribution in [-0.4, -0.2) is 28.5 Å². The third-order valence-corrected chi connectivity index (χ3v) is 2.69. The first-order valence-electron chi connectivity index (χ1n) is 5.28. The summed E-state index contributed by atoms with van der Waals surface area (Å²) in [6, 6.07) is 1.42. The molecule has 1 aliphatic heterocycles. The molecule has 0 radical (unpaired) electrons. The van der Waals surface area contributed by atoms with Crippen molar-refractivity contribution in [3.8, 4) is 0 Å². The van der Waals surface area contributed by atoms with Crippen LogP contribution in [0.15, 0.2) is 12.3 Å². The summed E-state index contributed by atoms with van der Waals surface area (Å²) in [4.78, 5) is 19.6. The molecule has 16 heavy (non-hydrogen) atoms. The average molecular weight is 241 g/mol. The van der Waals surface area contributed by atoms with E-state index in [4.69, 9.17) is 11.6 Å². The van der Waals surface area contributed by atoms with E-state index in [-0.39, 0.29) is 17.9 Å². The molecule has 0 saturated carbocycles. The molecule has 0 spiro atoms. The lowest BCUT2D eigenvalue weighted by Gasteiger charge is -2.21. The topological polar surface area (TPSA) is 66.9 Å². The van der Waals surface area contributed by atoms with E-state index in [0.29, 0.717) is 5.15 Å². The van der Waals surface area contributed by atoms with Gasteiger partial charge in [-0.05, 0) is 25.5 Å². The number of carbonyl (C=O) groups is 1. The monoisotopic (exact) mass is 240 g/mol. The molecular weight excluding hydrogens is 228 g/mol. The molecule has 1 aliphatic rings. The van der Waals surface area contributed by atoms with Gasteiger partial charge in [0.2, 0.25) is 11.9 Å². The zero-order valence-electron chi connectivity index (χ0n) is 8.74. The molecule has 2 rings (SSSR count). The largest absolute Gasteiger partial charge is 0.306 e. The van der Waals surface area contributed by atoms with E-state index in [1.807, 2.05) is 0 Å². The minimum atomic E-state index is -0.142. The predicted octanol–water partition coefficient (Wildman–Crippen LogP) is 1.21. The molecule has 2 N–H and O–H groups in total. The molecule has 1 saturated heterocycles. The molecule has 1 aromatic heterocycles. The van der Waals surface area contributed by atoms with Crippen molar-refractivity contribution in [2.24, 2.45) is 0 Å². The van der Waals surface area contributed by atoms with E-state index in [0.717, 1.165) is 25.8 Å². The Morgan fingerprint density at radius 1 is 1.56 bits per heavy atom. The Labute approximate surface area is 98.6 Å². The van der Waals surface area contributed by atoms with E-state index in [1.165, 1.54) is 6.20 Å². The van der Waals surface area contributed by atoms with E-state index in [2.05, 4.69) is 20.6 Å². The third kappa shape index (κ3) is 2.90. The zero-order chi connectivity index (χ0) is 11.4. The molecule has 86 valence electrons. The van der Waals surface area contributed by atoms with Crippen molar-refractivity contribution in [3.63, 3.8) is 0 Å². The second kappa shape index (κ2) is 5.23. The molecule has 0 unspecified atom stereocenters. The van der Waals surface area contributed by atoms with Gasteiger partial charge in [-0.3, -0.25) is 10.1 Å². The van der Waals surface area contributed by atoms with E-state index in [9.17, 15) is 4.79 Å². The molecule has 1 aromatic rings. The number of amides is 1. The van der Waals surface area contributed by atoms with Crippen molar-refractivity contribution in [1.29, 1.82) is 0 Å². The Bertz CT molecular complexity index is 379. The lowest BCUT2D eigenvalue weighted by molar-refractivity contribution is -0.118. The highest BCUT2D eigenvalue weighted by atomic mass is 35.5. The van der Waals surface area contributed by atoms with Crippen LogP contribution >= 0.6 is 11.6 Å². The molecule has 0 aliphatic carbocycles. The van der Waals surface area contributed by atoms with Crippen LogP contribution < -0.4 is 10.6 Å². The fraction of sp³-hybridized carbons (Fsp3) is 0.500. The summed E-state index contributed by atoms with van der Waals surface area (Å²) < 4.78 is 0. The Morgan fingerprint density at radius 2 is 2.44 bits per heavy atom. The first-order chi connectivity index (χ1) is 7.75. The molecule has 1 amide bonds. The highest BCUT2D eigenvalue weighted by Crippen LogP contribution is 2.10. The summed E-state index contributed by atoms with van der Waals surface area (Å²) in [5, 5.41) is 6.12. The van der Waals surface area contributed by atoms with Gasteiger partial charge in [-0.15, -0.1) is 0 Å². The molecule has 1 atom stereocenters. The van der Waals surface area contributed by atoms with Gasteiger partial charge in [0, 0.05) is 6.20 Å².